The first kappa shape index (κ1) is 13.3. The SMILES string of the molecule is Cc1cccc(CC(=O)c2cc(Br)ccc2Cl)c1. The zero-order valence-electron chi connectivity index (χ0n) is 9.91. The second-order valence-electron chi connectivity index (χ2n) is 4.21. The first-order valence-electron chi connectivity index (χ1n) is 5.60. The van der Waals surface area contributed by atoms with Crippen LogP contribution >= 0.6 is 27.5 Å². The zero-order chi connectivity index (χ0) is 13.1. The van der Waals surface area contributed by atoms with Crippen LogP contribution < -0.4 is 0 Å². The predicted octanol–water partition coefficient (Wildman–Crippen LogP) is 4.84. The molecule has 2 aromatic rings. The van der Waals surface area contributed by atoms with Crippen molar-refractivity contribution in [1.82, 2.24) is 0 Å². The maximum Gasteiger partial charge on any atom is 0.168 e. The Morgan fingerprint density at radius 2 is 2.00 bits per heavy atom. The van der Waals surface area contributed by atoms with E-state index in [0.717, 1.165) is 15.6 Å². The molecule has 0 aliphatic rings. The van der Waals surface area contributed by atoms with Crippen LogP contribution in [0.15, 0.2) is 46.9 Å². The summed E-state index contributed by atoms with van der Waals surface area (Å²) >= 11 is 9.40. The molecular weight excluding hydrogens is 312 g/mol. The molecule has 0 aliphatic heterocycles. The van der Waals surface area contributed by atoms with Crippen molar-refractivity contribution in [3.8, 4) is 0 Å². The number of benzene rings is 2. The Hall–Kier alpha value is -1.12. The third-order valence-corrected chi connectivity index (χ3v) is 3.50. The van der Waals surface area contributed by atoms with Crippen LogP contribution in [0.25, 0.3) is 0 Å². The van der Waals surface area contributed by atoms with Gasteiger partial charge in [-0.15, -0.1) is 0 Å². The van der Waals surface area contributed by atoms with Crippen LogP contribution in [-0.4, -0.2) is 5.78 Å². The van der Waals surface area contributed by atoms with Crippen LogP contribution in [0.4, 0.5) is 0 Å². The van der Waals surface area contributed by atoms with Crippen LogP contribution in [0.2, 0.25) is 5.02 Å². The van der Waals surface area contributed by atoms with E-state index in [2.05, 4.69) is 15.9 Å². The van der Waals surface area contributed by atoms with Gasteiger partial charge in [-0.1, -0.05) is 57.4 Å². The Balaban J connectivity index is 2.24. The molecule has 0 bridgehead atoms. The molecule has 2 rings (SSSR count). The van der Waals surface area contributed by atoms with Gasteiger partial charge in [0.15, 0.2) is 5.78 Å². The van der Waals surface area contributed by atoms with Gasteiger partial charge >= 0.3 is 0 Å². The van der Waals surface area contributed by atoms with Crippen molar-refractivity contribution in [2.75, 3.05) is 0 Å². The lowest BCUT2D eigenvalue weighted by atomic mass is 10.0. The quantitative estimate of drug-likeness (QED) is 0.739. The molecule has 3 heteroatoms. The van der Waals surface area contributed by atoms with Gasteiger partial charge in [-0.3, -0.25) is 4.79 Å². The molecule has 0 saturated heterocycles. The van der Waals surface area contributed by atoms with Gasteiger partial charge in [0.2, 0.25) is 0 Å². The Bertz CT molecular complexity index is 593. The fourth-order valence-electron chi connectivity index (χ4n) is 1.81. The highest BCUT2D eigenvalue weighted by molar-refractivity contribution is 9.10. The van der Waals surface area contributed by atoms with Gasteiger partial charge < -0.3 is 0 Å². The highest BCUT2D eigenvalue weighted by Gasteiger charge is 2.11. The zero-order valence-corrected chi connectivity index (χ0v) is 12.3. The van der Waals surface area contributed by atoms with Crippen molar-refractivity contribution in [2.24, 2.45) is 0 Å². The second-order valence-corrected chi connectivity index (χ2v) is 5.54. The molecule has 92 valence electrons. The lowest BCUT2D eigenvalue weighted by Crippen LogP contribution is -2.04. The molecule has 0 fully saturated rings. The number of ketones is 1. The summed E-state index contributed by atoms with van der Waals surface area (Å²) < 4.78 is 0.861. The Morgan fingerprint density at radius 1 is 1.22 bits per heavy atom. The standard InChI is InChI=1S/C15H12BrClO/c1-10-3-2-4-11(7-10)8-15(18)13-9-12(16)5-6-14(13)17/h2-7,9H,8H2,1H3. The van der Waals surface area contributed by atoms with Crippen molar-refractivity contribution >= 4 is 33.3 Å². The van der Waals surface area contributed by atoms with Crippen molar-refractivity contribution < 1.29 is 4.79 Å². The fourth-order valence-corrected chi connectivity index (χ4v) is 2.40. The Labute approximate surface area is 120 Å². The van der Waals surface area contributed by atoms with Gasteiger partial charge in [-0.05, 0) is 30.7 Å². The van der Waals surface area contributed by atoms with Crippen molar-refractivity contribution in [1.29, 1.82) is 0 Å². The van der Waals surface area contributed by atoms with E-state index in [1.54, 1.807) is 12.1 Å². The van der Waals surface area contributed by atoms with Gasteiger partial charge in [0, 0.05) is 16.5 Å². The molecule has 0 spiro atoms. The largest absolute Gasteiger partial charge is 0.294 e. The molecule has 0 saturated carbocycles. The summed E-state index contributed by atoms with van der Waals surface area (Å²) in [5.41, 5.74) is 2.73. The summed E-state index contributed by atoms with van der Waals surface area (Å²) in [6.07, 6.45) is 0.373. The molecule has 0 amide bonds. The summed E-state index contributed by atoms with van der Waals surface area (Å²) in [5.74, 6) is 0.0342. The smallest absolute Gasteiger partial charge is 0.168 e. The normalized spacial score (nSPS) is 10.4. The van der Waals surface area contributed by atoms with Crippen molar-refractivity contribution in [3.63, 3.8) is 0 Å². The Kier molecular flexibility index (Phi) is 4.20. The van der Waals surface area contributed by atoms with E-state index in [4.69, 9.17) is 11.6 Å². The van der Waals surface area contributed by atoms with E-state index in [0.29, 0.717) is 17.0 Å². The van der Waals surface area contributed by atoms with Crippen LogP contribution in [0.3, 0.4) is 0 Å². The van der Waals surface area contributed by atoms with Gasteiger partial charge in [-0.2, -0.15) is 0 Å². The van der Waals surface area contributed by atoms with E-state index in [1.165, 1.54) is 0 Å². The minimum atomic E-state index is 0.0342. The number of carbonyl (C=O) groups excluding carboxylic acids is 1. The first-order chi connectivity index (χ1) is 8.56. The average molecular weight is 324 g/mol. The maximum atomic E-state index is 12.2. The minimum absolute atomic E-state index is 0.0342. The molecular formula is C15H12BrClO. The number of rotatable bonds is 3. The summed E-state index contributed by atoms with van der Waals surface area (Å²) in [5, 5.41) is 0.496. The van der Waals surface area contributed by atoms with Gasteiger partial charge in [-0.25, -0.2) is 0 Å². The average Bonchev–Trinajstić information content (AvgIpc) is 2.32. The highest BCUT2D eigenvalue weighted by atomic mass is 79.9. The molecule has 0 unspecified atom stereocenters. The minimum Gasteiger partial charge on any atom is -0.294 e. The first-order valence-corrected chi connectivity index (χ1v) is 6.77. The summed E-state index contributed by atoms with van der Waals surface area (Å²) in [6.45, 7) is 2.01. The van der Waals surface area contributed by atoms with E-state index in [9.17, 15) is 4.79 Å². The topological polar surface area (TPSA) is 17.1 Å². The van der Waals surface area contributed by atoms with E-state index < -0.39 is 0 Å². The molecule has 0 atom stereocenters. The fraction of sp³-hybridized carbons (Fsp3) is 0.133. The van der Waals surface area contributed by atoms with Crippen LogP contribution in [0.5, 0.6) is 0 Å². The second kappa shape index (κ2) is 5.68. The summed E-state index contributed by atoms with van der Waals surface area (Å²) in [6, 6.07) is 13.3. The summed E-state index contributed by atoms with van der Waals surface area (Å²) in [7, 11) is 0. The number of hydrogen-bond acceptors (Lipinski definition) is 1. The third kappa shape index (κ3) is 3.21. The lowest BCUT2D eigenvalue weighted by molar-refractivity contribution is 0.0993. The van der Waals surface area contributed by atoms with Crippen LogP contribution in [0.1, 0.15) is 21.5 Å². The van der Waals surface area contributed by atoms with Gasteiger partial charge in [0.05, 0.1) is 5.02 Å². The monoisotopic (exact) mass is 322 g/mol. The molecule has 0 aromatic heterocycles. The van der Waals surface area contributed by atoms with E-state index >= 15 is 0 Å². The maximum absolute atomic E-state index is 12.2. The molecule has 0 N–H and O–H groups in total. The van der Waals surface area contributed by atoms with Crippen molar-refractivity contribution in [2.45, 2.75) is 13.3 Å². The summed E-state index contributed by atoms with van der Waals surface area (Å²) in [4.78, 5) is 12.2. The van der Waals surface area contributed by atoms with Gasteiger partial charge in [0.1, 0.15) is 0 Å². The van der Waals surface area contributed by atoms with E-state index in [1.807, 2.05) is 37.3 Å². The molecule has 18 heavy (non-hydrogen) atoms. The number of halogens is 2. The predicted molar refractivity (Wildman–Crippen MR) is 78.4 cm³/mol. The lowest BCUT2D eigenvalue weighted by Gasteiger charge is -2.05. The van der Waals surface area contributed by atoms with Crippen molar-refractivity contribution in [3.05, 3.63) is 68.7 Å². The highest BCUT2D eigenvalue weighted by Crippen LogP contribution is 2.22. The number of hydrogen-bond donors (Lipinski definition) is 0. The third-order valence-electron chi connectivity index (χ3n) is 2.68. The molecule has 1 nitrogen and oxygen atoms in total. The number of carbonyl (C=O) groups is 1. The van der Waals surface area contributed by atoms with E-state index in [-0.39, 0.29) is 5.78 Å². The molecule has 0 aliphatic carbocycles. The van der Waals surface area contributed by atoms with Crippen LogP contribution in [0, 0.1) is 6.92 Å². The number of aryl methyl sites for hydroxylation is 1. The molecule has 0 radical (unpaired) electrons. The molecule has 2 aromatic carbocycles. The number of Topliss-reactive ketones (excluding diaryl/α,β-unsaturated/α-hetero) is 1. The molecule has 0 heterocycles. The van der Waals surface area contributed by atoms with Crippen LogP contribution in [-0.2, 0) is 6.42 Å². The Morgan fingerprint density at radius 3 is 2.72 bits per heavy atom. The van der Waals surface area contributed by atoms with Gasteiger partial charge in [0.25, 0.3) is 0 Å².